The Balaban J connectivity index is 1.86. The first-order valence-electron chi connectivity index (χ1n) is 7.53. The fraction of sp³-hybridized carbons (Fsp3) is 0.412. The Morgan fingerprint density at radius 2 is 2.05 bits per heavy atom. The molecule has 1 aliphatic rings. The SMILES string of the molecule is CC(C)c1ccc(Cn2nc3c(cc2=O)CNCC3)cc1. The molecule has 0 fully saturated rings. The van der Waals surface area contributed by atoms with Gasteiger partial charge in [-0.2, -0.15) is 5.10 Å². The van der Waals surface area contributed by atoms with Gasteiger partial charge in [0, 0.05) is 25.6 Å². The molecule has 4 nitrogen and oxygen atoms in total. The highest BCUT2D eigenvalue weighted by Gasteiger charge is 2.12. The van der Waals surface area contributed by atoms with Gasteiger partial charge >= 0.3 is 0 Å². The van der Waals surface area contributed by atoms with Crippen molar-refractivity contribution in [3.63, 3.8) is 0 Å². The standard InChI is InChI=1S/C17H21N3O/c1-12(2)14-5-3-13(4-6-14)11-20-17(21)9-15-10-18-8-7-16(15)19-20/h3-6,9,12,18H,7-8,10-11H2,1-2H3. The second kappa shape index (κ2) is 5.82. The van der Waals surface area contributed by atoms with Gasteiger partial charge in [0.2, 0.25) is 0 Å². The Hall–Kier alpha value is -1.94. The van der Waals surface area contributed by atoms with Crippen LogP contribution in [-0.2, 0) is 19.5 Å². The monoisotopic (exact) mass is 283 g/mol. The van der Waals surface area contributed by atoms with E-state index in [1.165, 1.54) is 5.56 Å². The van der Waals surface area contributed by atoms with Crippen molar-refractivity contribution in [1.29, 1.82) is 0 Å². The molecule has 110 valence electrons. The van der Waals surface area contributed by atoms with Gasteiger partial charge in [-0.15, -0.1) is 0 Å². The van der Waals surface area contributed by atoms with E-state index >= 15 is 0 Å². The van der Waals surface area contributed by atoms with Gasteiger partial charge in [0.15, 0.2) is 0 Å². The first-order valence-corrected chi connectivity index (χ1v) is 7.53. The number of fused-ring (bicyclic) bond motifs is 1. The molecule has 2 heterocycles. The molecule has 0 saturated heterocycles. The van der Waals surface area contributed by atoms with Crippen molar-refractivity contribution in [1.82, 2.24) is 15.1 Å². The number of rotatable bonds is 3. The molecular formula is C17H21N3O. The maximum Gasteiger partial charge on any atom is 0.267 e. The summed E-state index contributed by atoms with van der Waals surface area (Å²) in [6.45, 7) is 6.58. The van der Waals surface area contributed by atoms with Gasteiger partial charge < -0.3 is 5.32 Å². The van der Waals surface area contributed by atoms with Gasteiger partial charge in [0.05, 0.1) is 12.2 Å². The molecule has 4 heteroatoms. The van der Waals surface area contributed by atoms with E-state index in [0.717, 1.165) is 36.3 Å². The molecule has 0 spiro atoms. The van der Waals surface area contributed by atoms with Crippen LogP contribution in [0, 0.1) is 0 Å². The van der Waals surface area contributed by atoms with Crippen LogP contribution in [-0.4, -0.2) is 16.3 Å². The number of hydrogen-bond acceptors (Lipinski definition) is 3. The topological polar surface area (TPSA) is 46.9 Å². The summed E-state index contributed by atoms with van der Waals surface area (Å²) in [5.41, 5.74) is 4.49. The fourth-order valence-corrected chi connectivity index (χ4v) is 2.65. The zero-order valence-corrected chi connectivity index (χ0v) is 12.6. The third-order valence-electron chi connectivity index (χ3n) is 4.00. The fourth-order valence-electron chi connectivity index (χ4n) is 2.65. The Bertz CT molecular complexity index is 686. The third kappa shape index (κ3) is 3.05. The van der Waals surface area contributed by atoms with Gasteiger partial charge in [-0.3, -0.25) is 4.79 Å². The quantitative estimate of drug-likeness (QED) is 0.938. The predicted octanol–water partition coefficient (Wildman–Crippen LogP) is 2.06. The van der Waals surface area contributed by atoms with E-state index in [4.69, 9.17) is 0 Å². The van der Waals surface area contributed by atoms with E-state index in [1.54, 1.807) is 10.7 Å². The summed E-state index contributed by atoms with van der Waals surface area (Å²) in [6.07, 6.45) is 0.891. The lowest BCUT2D eigenvalue weighted by Gasteiger charge is -2.17. The number of aromatic nitrogens is 2. The maximum absolute atomic E-state index is 12.1. The minimum atomic E-state index is -0.0228. The smallest absolute Gasteiger partial charge is 0.267 e. The average molecular weight is 283 g/mol. The molecule has 1 aromatic heterocycles. The number of nitrogens with one attached hydrogen (secondary N) is 1. The Kier molecular flexibility index (Phi) is 3.88. The van der Waals surface area contributed by atoms with E-state index in [9.17, 15) is 4.79 Å². The molecule has 1 aliphatic heterocycles. The maximum atomic E-state index is 12.1. The van der Waals surface area contributed by atoms with Crippen molar-refractivity contribution >= 4 is 0 Å². The molecule has 0 bridgehead atoms. The van der Waals surface area contributed by atoms with Crippen LogP contribution in [0.1, 0.15) is 42.1 Å². The van der Waals surface area contributed by atoms with Crippen molar-refractivity contribution in [3.05, 3.63) is 63.1 Å². The summed E-state index contributed by atoms with van der Waals surface area (Å²) in [4.78, 5) is 12.1. The second-order valence-electron chi connectivity index (χ2n) is 5.94. The molecule has 21 heavy (non-hydrogen) atoms. The van der Waals surface area contributed by atoms with Crippen LogP contribution < -0.4 is 10.9 Å². The van der Waals surface area contributed by atoms with Crippen molar-refractivity contribution < 1.29 is 0 Å². The van der Waals surface area contributed by atoms with Crippen LogP contribution in [0.4, 0.5) is 0 Å². The third-order valence-corrected chi connectivity index (χ3v) is 4.00. The summed E-state index contributed by atoms with van der Waals surface area (Å²) >= 11 is 0. The van der Waals surface area contributed by atoms with Crippen LogP contribution in [0.3, 0.4) is 0 Å². The van der Waals surface area contributed by atoms with E-state index in [2.05, 4.69) is 48.5 Å². The van der Waals surface area contributed by atoms with Gasteiger partial charge in [-0.1, -0.05) is 38.1 Å². The Morgan fingerprint density at radius 3 is 2.76 bits per heavy atom. The van der Waals surface area contributed by atoms with Crippen LogP contribution in [0.25, 0.3) is 0 Å². The summed E-state index contributed by atoms with van der Waals surface area (Å²) in [7, 11) is 0. The molecule has 0 amide bonds. The van der Waals surface area contributed by atoms with E-state index in [0.29, 0.717) is 12.5 Å². The highest BCUT2D eigenvalue weighted by Crippen LogP contribution is 2.15. The van der Waals surface area contributed by atoms with Crippen molar-refractivity contribution in [2.24, 2.45) is 0 Å². The largest absolute Gasteiger partial charge is 0.312 e. The highest BCUT2D eigenvalue weighted by atomic mass is 16.1. The van der Waals surface area contributed by atoms with Crippen LogP contribution >= 0.6 is 0 Å². The zero-order chi connectivity index (χ0) is 14.8. The lowest BCUT2D eigenvalue weighted by atomic mass is 10.0. The van der Waals surface area contributed by atoms with Crippen LogP contribution in [0.15, 0.2) is 35.1 Å². The predicted molar refractivity (Wildman–Crippen MR) is 83.5 cm³/mol. The molecule has 1 N–H and O–H groups in total. The normalized spacial score (nSPS) is 14.2. The summed E-state index contributed by atoms with van der Waals surface area (Å²) in [6, 6.07) is 10.2. The molecule has 0 aliphatic carbocycles. The summed E-state index contributed by atoms with van der Waals surface area (Å²) in [5, 5.41) is 7.80. The molecule has 0 radical (unpaired) electrons. The molecule has 1 aromatic carbocycles. The van der Waals surface area contributed by atoms with Crippen LogP contribution in [0.5, 0.6) is 0 Å². The Labute approximate surface area is 124 Å². The first kappa shape index (κ1) is 14.0. The lowest BCUT2D eigenvalue weighted by molar-refractivity contribution is 0.562. The highest BCUT2D eigenvalue weighted by molar-refractivity contribution is 5.25. The summed E-state index contributed by atoms with van der Waals surface area (Å²) < 4.78 is 1.58. The Morgan fingerprint density at radius 1 is 1.29 bits per heavy atom. The van der Waals surface area contributed by atoms with E-state index < -0.39 is 0 Å². The minimum absolute atomic E-state index is 0.0228. The lowest BCUT2D eigenvalue weighted by Crippen LogP contribution is -2.31. The number of benzene rings is 1. The molecular weight excluding hydrogens is 262 g/mol. The first-order chi connectivity index (χ1) is 10.1. The number of hydrogen-bond donors (Lipinski definition) is 1. The molecule has 0 unspecified atom stereocenters. The molecule has 0 atom stereocenters. The van der Waals surface area contributed by atoms with Gasteiger partial charge in [-0.05, 0) is 22.6 Å². The van der Waals surface area contributed by atoms with Crippen molar-refractivity contribution in [2.45, 2.75) is 39.3 Å². The molecule has 3 rings (SSSR count). The van der Waals surface area contributed by atoms with E-state index in [-0.39, 0.29) is 5.56 Å². The molecule has 2 aromatic rings. The minimum Gasteiger partial charge on any atom is -0.312 e. The van der Waals surface area contributed by atoms with Crippen LogP contribution in [0.2, 0.25) is 0 Å². The molecule has 0 saturated carbocycles. The van der Waals surface area contributed by atoms with Crippen molar-refractivity contribution in [3.8, 4) is 0 Å². The van der Waals surface area contributed by atoms with Gasteiger partial charge in [0.1, 0.15) is 0 Å². The summed E-state index contributed by atoms with van der Waals surface area (Å²) in [5.74, 6) is 0.524. The number of nitrogens with zero attached hydrogens (tertiary/aromatic N) is 2. The van der Waals surface area contributed by atoms with Gasteiger partial charge in [0.25, 0.3) is 5.56 Å². The van der Waals surface area contributed by atoms with Crippen molar-refractivity contribution in [2.75, 3.05) is 6.54 Å². The van der Waals surface area contributed by atoms with Gasteiger partial charge in [-0.25, -0.2) is 4.68 Å². The van der Waals surface area contributed by atoms with E-state index in [1.807, 2.05) is 0 Å². The zero-order valence-electron chi connectivity index (χ0n) is 12.6. The second-order valence-corrected chi connectivity index (χ2v) is 5.94. The average Bonchev–Trinajstić information content (AvgIpc) is 2.48.